The monoisotopic (exact) mass is 331 g/mol. The lowest BCUT2D eigenvalue weighted by Crippen LogP contribution is -2.41. The molecule has 0 radical (unpaired) electrons. The van der Waals surface area contributed by atoms with Crippen LogP contribution in [0.25, 0.3) is 0 Å². The van der Waals surface area contributed by atoms with Crippen molar-refractivity contribution >= 4 is 5.96 Å². The second-order valence-electron chi connectivity index (χ2n) is 5.26. The zero-order chi connectivity index (χ0) is 17.2. The second-order valence-corrected chi connectivity index (χ2v) is 5.26. The number of methoxy groups -OCH3 is 1. The number of furan rings is 1. The number of nitrogens with zero attached hydrogens (tertiary/aromatic N) is 1. The summed E-state index contributed by atoms with van der Waals surface area (Å²) in [4.78, 5) is 4.49. The molecule has 6 heteroatoms. The molecule has 2 rings (SSSR count). The van der Waals surface area contributed by atoms with Crippen molar-refractivity contribution in [2.24, 2.45) is 4.99 Å². The Labute approximate surface area is 142 Å². The van der Waals surface area contributed by atoms with Crippen molar-refractivity contribution in [1.29, 1.82) is 0 Å². The minimum Gasteiger partial charge on any atom is -0.497 e. The summed E-state index contributed by atoms with van der Waals surface area (Å²) in [6.07, 6.45) is 1.64. The summed E-state index contributed by atoms with van der Waals surface area (Å²) in [5, 5.41) is 6.48. The number of guanidine groups is 1. The Morgan fingerprint density at radius 1 is 1.17 bits per heavy atom. The van der Waals surface area contributed by atoms with Gasteiger partial charge in [0.2, 0.25) is 0 Å². The molecule has 130 valence electrons. The van der Waals surface area contributed by atoms with Crippen LogP contribution in [-0.4, -0.2) is 32.3 Å². The van der Waals surface area contributed by atoms with Gasteiger partial charge in [-0.15, -0.1) is 0 Å². The van der Waals surface area contributed by atoms with Crippen molar-refractivity contribution in [1.82, 2.24) is 10.6 Å². The first-order valence-corrected chi connectivity index (χ1v) is 8.06. The summed E-state index contributed by atoms with van der Waals surface area (Å²) < 4.78 is 16.3. The SMILES string of the molecule is CCNC(=NCc1ccco1)NCC(C)Oc1ccc(OC)cc1. The highest BCUT2D eigenvalue weighted by atomic mass is 16.5. The summed E-state index contributed by atoms with van der Waals surface area (Å²) in [7, 11) is 1.65. The fourth-order valence-corrected chi connectivity index (χ4v) is 2.07. The average Bonchev–Trinajstić information content (AvgIpc) is 3.11. The lowest BCUT2D eigenvalue weighted by molar-refractivity contribution is 0.223. The van der Waals surface area contributed by atoms with Gasteiger partial charge in [-0.2, -0.15) is 0 Å². The van der Waals surface area contributed by atoms with E-state index in [2.05, 4.69) is 15.6 Å². The van der Waals surface area contributed by atoms with Gasteiger partial charge >= 0.3 is 0 Å². The number of aliphatic imine (C=N–C) groups is 1. The van der Waals surface area contributed by atoms with E-state index in [4.69, 9.17) is 13.9 Å². The van der Waals surface area contributed by atoms with Gasteiger partial charge in [0.15, 0.2) is 5.96 Å². The van der Waals surface area contributed by atoms with E-state index in [9.17, 15) is 0 Å². The van der Waals surface area contributed by atoms with Gasteiger partial charge in [0.05, 0.1) is 19.9 Å². The molecule has 0 saturated heterocycles. The predicted octanol–water partition coefficient (Wildman–Crippen LogP) is 2.81. The molecule has 1 heterocycles. The molecule has 0 aliphatic carbocycles. The Kier molecular flexibility index (Phi) is 7.01. The maximum atomic E-state index is 5.87. The van der Waals surface area contributed by atoms with E-state index < -0.39 is 0 Å². The van der Waals surface area contributed by atoms with Crippen LogP contribution in [0, 0.1) is 0 Å². The number of nitrogens with one attached hydrogen (secondary N) is 2. The van der Waals surface area contributed by atoms with Gasteiger partial charge in [0.1, 0.15) is 29.9 Å². The first-order valence-electron chi connectivity index (χ1n) is 8.06. The van der Waals surface area contributed by atoms with Crippen LogP contribution in [0.1, 0.15) is 19.6 Å². The molecule has 0 aliphatic rings. The molecule has 24 heavy (non-hydrogen) atoms. The van der Waals surface area contributed by atoms with Crippen LogP contribution in [0.3, 0.4) is 0 Å². The predicted molar refractivity (Wildman–Crippen MR) is 94.6 cm³/mol. The Morgan fingerprint density at radius 3 is 2.54 bits per heavy atom. The van der Waals surface area contributed by atoms with Crippen molar-refractivity contribution in [2.45, 2.75) is 26.5 Å². The second kappa shape index (κ2) is 9.50. The van der Waals surface area contributed by atoms with Gasteiger partial charge in [0.25, 0.3) is 0 Å². The Balaban J connectivity index is 1.82. The van der Waals surface area contributed by atoms with E-state index in [1.54, 1.807) is 13.4 Å². The fourth-order valence-electron chi connectivity index (χ4n) is 2.07. The van der Waals surface area contributed by atoms with Gasteiger partial charge in [-0.25, -0.2) is 4.99 Å². The molecular weight excluding hydrogens is 306 g/mol. The molecule has 0 aliphatic heterocycles. The highest BCUT2D eigenvalue weighted by Crippen LogP contribution is 2.17. The molecule has 6 nitrogen and oxygen atoms in total. The molecule has 2 N–H and O–H groups in total. The molecule has 1 aromatic heterocycles. The van der Waals surface area contributed by atoms with Crippen LogP contribution in [-0.2, 0) is 6.54 Å². The lowest BCUT2D eigenvalue weighted by atomic mass is 10.3. The highest BCUT2D eigenvalue weighted by molar-refractivity contribution is 5.79. The number of hydrogen-bond acceptors (Lipinski definition) is 4. The van der Waals surface area contributed by atoms with Crippen molar-refractivity contribution in [2.75, 3.05) is 20.2 Å². The molecule has 1 unspecified atom stereocenters. The molecule has 0 fully saturated rings. The Bertz CT molecular complexity index is 609. The quantitative estimate of drug-likeness (QED) is 0.575. The van der Waals surface area contributed by atoms with Crippen LogP contribution in [0.15, 0.2) is 52.1 Å². The first kappa shape index (κ1) is 17.7. The highest BCUT2D eigenvalue weighted by Gasteiger charge is 2.06. The minimum atomic E-state index is -0.00846. The average molecular weight is 331 g/mol. The van der Waals surface area contributed by atoms with Gasteiger partial charge in [0, 0.05) is 6.54 Å². The van der Waals surface area contributed by atoms with E-state index in [0.717, 1.165) is 29.8 Å². The topological polar surface area (TPSA) is 68.0 Å². The molecule has 2 aromatic rings. The first-order chi connectivity index (χ1) is 11.7. The van der Waals surface area contributed by atoms with Crippen molar-refractivity contribution in [3.05, 3.63) is 48.4 Å². The van der Waals surface area contributed by atoms with Crippen molar-refractivity contribution in [3.8, 4) is 11.5 Å². The van der Waals surface area contributed by atoms with Crippen LogP contribution in [0.4, 0.5) is 0 Å². The zero-order valence-corrected chi connectivity index (χ0v) is 14.4. The molecular formula is C18H25N3O3. The maximum absolute atomic E-state index is 5.87. The van der Waals surface area contributed by atoms with Gasteiger partial charge in [-0.05, 0) is 50.2 Å². The van der Waals surface area contributed by atoms with E-state index in [0.29, 0.717) is 13.1 Å². The van der Waals surface area contributed by atoms with Crippen molar-refractivity contribution < 1.29 is 13.9 Å². The third-order valence-corrected chi connectivity index (χ3v) is 3.27. The molecule has 0 saturated carbocycles. The lowest BCUT2D eigenvalue weighted by Gasteiger charge is -2.17. The molecule has 1 atom stereocenters. The molecule has 0 amide bonds. The third-order valence-electron chi connectivity index (χ3n) is 3.27. The Morgan fingerprint density at radius 2 is 1.92 bits per heavy atom. The van der Waals surface area contributed by atoms with Crippen LogP contribution in [0.2, 0.25) is 0 Å². The Hall–Kier alpha value is -2.63. The van der Waals surface area contributed by atoms with Gasteiger partial charge < -0.3 is 24.5 Å². The number of benzene rings is 1. The summed E-state index contributed by atoms with van der Waals surface area (Å²) in [6.45, 7) is 5.96. The standard InChI is InChI=1S/C18H25N3O3/c1-4-19-18(21-13-17-6-5-11-23-17)20-12-14(2)24-16-9-7-15(22-3)8-10-16/h5-11,14H,4,12-13H2,1-3H3,(H2,19,20,21). The van der Waals surface area contributed by atoms with Crippen molar-refractivity contribution in [3.63, 3.8) is 0 Å². The molecule has 0 spiro atoms. The number of rotatable bonds is 8. The number of hydrogen-bond donors (Lipinski definition) is 2. The summed E-state index contributed by atoms with van der Waals surface area (Å²) in [5.41, 5.74) is 0. The third kappa shape index (κ3) is 5.87. The van der Waals surface area contributed by atoms with Gasteiger partial charge in [-0.1, -0.05) is 0 Å². The van der Waals surface area contributed by atoms with Crippen LogP contribution >= 0.6 is 0 Å². The normalized spacial score (nSPS) is 12.5. The van der Waals surface area contributed by atoms with Crippen LogP contribution < -0.4 is 20.1 Å². The summed E-state index contributed by atoms with van der Waals surface area (Å²) in [5.74, 6) is 3.18. The number of ether oxygens (including phenoxy) is 2. The van der Waals surface area contributed by atoms with E-state index in [1.165, 1.54) is 0 Å². The summed E-state index contributed by atoms with van der Waals surface area (Å²) in [6, 6.07) is 11.3. The maximum Gasteiger partial charge on any atom is 0.191 e. The molecule has 0 bridgehead atoms. The van der Waals surface area contributed by atoms with Gasteiger partial charge in [-0.3, -0.25) is 0 Å². The molecule has 1 aromatic carbocycles. The van der Waals surface area contributed by atoms with E-state index in [-0.39, 0.29) is 6.10 Å². The largest absolute Gasteiger partial charge is 0.497 e. The summed E-state index contributed by atoms with van der Waals surface area (Å²) >= 11 is 0. The zero-order valence-electron chi connectivity index (χ0n) is 14.4. The minimum absolute atomic E-state index is 0.00846. The smallest absolute Gasteiger partial charge is 0.191 e. The fraction of sp³-hybridized carbons (Fsp3) is 0.389. The van der Waals surface area contributed by atoms with E-state index >= 15 is 0 Å². The van der Waals surface area contributed by atoms with Crippen LogP contribution in [0.5, 0.6) is 11.5 Å². The van der Waals surface area contributed by atoms with E-state index in [1.807, 2.05) is 50.2 Å².